The fraction of sp³-hybridized carbons (Fsp3) is 0.286. The molecule has 178 valence electrons. The van der Waals surface area contributed by atoms with E-state index in [1.807, 2.05) is 19.9 Å². The summed E-state index contributed by atoms with van der Waals surface area (Å²) in [6.45, 7) is 5.20. The molecule has 4 rings (SSSR count). The monoisotopic (exact) mass is 468 g/mol. The fourth-order valence-electron chi connectivity index (χ4n) is 3.76. The van der Waals surface area contributed by atoms with E-state index in [4.69, 9.17) is 14.2 Å². The lowest BCUT2D eigenvalue weighted by Crippen LogP contribution is -2.25. The number of hydrogen-bond donors (Lipinski definition) is 0. The molecule has 0 aromatic heterocycles. The maximum Gasteiger partial charge on any atom is 0.201 e. The summed E-state index contributed by atoms with van der Waals surface area (Å²) in [5.41, 5.74) is 2.40. The van der Waals surface area contributed by atoms with Crippen LogP contribution in [-0.2, 0) is 9.47 Å². The summed E-state index contributed by atoms with van der Waals surface area (Å²) in [7, 11) is 0. The third kappa shape index (κ3) is 5.34. The Bertz CT molecular complexity index is 1150. The van der Waals surface area contributed by atoms with E-state index < -0.39 is 23.7 Å². The SMILES string of the molecule is CC/C=C/COc1ccc(-c2ccc(-c3ccc(C4OCC(C)CO4)c(F)c3)cc2)c(F)c1F. The van der Waals surface area contributed by atoms with E-state index in [1.54, 1.807) is 42.5 Å². The number of rotatable bonds is 7. The maximum atomic E-state index is 14.8. The Labute approximate surface area is 197 Å². The van der Waals surface area contributed by atoms with Crippen molar-refractivity contribution in [1.82, 2.24) is 0 Å². The van der Waals surface area contributed by atoms with Gasteiger partial charge in [-0.1, -0.05) is 62.4 Å². The summed E-state index contributed by atoms with van der Waals surface area (Å²) in [5, 5.41) is 0. The van der Waals surface area contributed by atoms with Gasteiger partial charge in [-0.2, -0.15) is 4.39 Å². The highest BCUT2D eigenvalue weighted by Gasteiger charge is 2.24. The zero-order chi connectivity index (χ0) is 24.1. The van der Waals surface area contributed by atoms with Crippen molar-refractivity contribution in [2.75, 3.05) is 19.8 Å². The van der Waals surface area contributed by atoms with Gasteiger partial charge in [0.1, 0.15) is 12.4 Å². The van der Waals surface area contributed by atoms with Crippen LogP contribution in [0.1, 0.15) is 32.1 Å². The van der Waals surface area contributed by atoms with Gasteiger partial charge < -0.3 is 14.2 Å². The van der Waals surface area contributed by atoms with Crippen LogP contribution in [0.15, 0.2) is 66.7 Å². The van der Waals surface area contributed by atoms with Crippen molar-refractivity contribution in [2.45, 2.75) is 26.6 Å². The predicted molar refractivity (Wildman–Crippen MR) is 126 cm³/mol. The second-order valence-electron chi connectivity index (χ2n) is 8.35. The molecule has 1 aliphatic rings. The lowest BCUT2D eigenvalue weighted by molar-refractivity contribution is -0.203. The average Bonchev–Trinajstić information content (AvgIpc) is 2.85. The van der Waals surface area contributed by atoms with E-state index >= 15 is 0 Å². The molecule has 1 saturated heterocycles. The largest absolute Gasteiger partial charge is 0.486 e. The maximum absolute atomic E-state index is 14.8. The average molecular weight is 469 g/mol. The topological polar surface area (TPSA) is 27.7 Å². The highest BCUT2D eigenvalue weighted by Crippen LogP contribution is 2.33. The molecular formula is C28H27F3O3. The van der Waals surface area contributed by atoms with Gasteiger partial charge in [0, 0.05) is 17.0 Å². The lowest BCUT2D eigenvalue weighted by atomic mass is 9.98. The molecule has 1 heterocycles. The molecule has 0 spiro atoms. The van der Waals surface area contributed by atoms with Crippen LogP contribution in [0.5, 0.6) is 5.75 Å². The van der Waals surface area contributed by atoms with Crippen molar-refractivity contribution >= 4 is 0 Å². The first-order valence-electron chi connectivity index (χ1n) is 11.4. The molecule has 0 saturated carbocycles. The quantitative estimate of drug-likeness (QED) is 0.337. The van der Waals surface area contributed by atoms with Crippen LogP contribution < -0.4 is 4.74 Å². The van der Waals surface area contributed by atoms with Gasteiger partial charge >= 0.3 is 0 Å². The standard InChI is InChI=1S/C28H27F3O3/c1-3-4-5-14-32-25-13-12-22(26(30)27(25)31)20-8-6-19(7-9-20)21-10-11-23(24(29)15-21)28-33-16-18(2)17-34-28/h4-13,15,18,28H,3,14,16-17H2,1-2H3/b5-4+. The first-order valence-corrected chi connectivity index (χ1v) is 11.4. The minimum Gasteiger partial charge on any atom is -0.486 e. The summed E-state index contributed by atoms with van der Waals surface area (Å²) < 4.78 is 60.4. The second-order valence-corrected chi connectivity index (χ2v) is 8.35. The van der Waals surface area contributed by atoms with Crippen molar-refractivity contribution < 1.29 is 27.4 Å². The van der Waals surface area contributed by atoms with E-state index in [-0.39, 0.29) is 23.8 Å². The third-order valence-corrected chi connectivity index (χ3v) is 5.63. The number of ether oxygens (including phenoxy) is 3. The van der Waals surface area contributed by atoms with Crippen molar-refractivity contribution in [1.29, 1.82) is 0 Å². The molecule has 1 aliphatic heterocycles. The fourth-order valence-corrected chi connectivity index (χ4v) is 3.76. The highest BCUT2D eigenvalue weighted by atomic mass is 19.2. The molecular weight excluding hydrogens is 441 g/mol. The number of halogens is 3. The zero-order valence-electron chi connectivity index (χ0n) is 19.2. The van der Waals surface area contributed by atoms with Crippen LogP contribution in [0.25, 0.3) is 22.3 Å². The van der Waals surface area contributed by atoms with Gasteiger partial charge in [0.25, 0.3) is 0 Å². The summed E-state index contributed by atoms with van der Waals surface area (Å²) in [6.07, 6.45) is 3.78. The van der Waals surface area contributed by atoms with Gasteiger partial charge in [-0.05, 0) is 41.3 Å². The van der Waals surface area contributed by atoms with E-state index in [0.717, 1.165) is 12.0 Å². The van der Waals surface area contributed by atoms with Gasteiger partial charge in [-0.25, -0.2) is 8.78 Å². The summed E-state index contributed by atoms with van der Waals surface area (Å²) in [4.78, 5) is 0. The lowest BCUT2D eigenvalue weighted by Gasteiger charge is -2.27. The Morgan fingerprint density at radius 3 is 2.21 bits per heavy atom. The van der Waals surface area contributed by atoms with Gasteiger partial charge in [-0.3, -0.25) is 0 Å². The van der Waals surface area contributed by atoms with E-state index in [9.17, 15) is 13.2 Å². The Hall–Kier alpha value is -3.09. The molecule has 0 amide bonds. The van der Waals surface area contributed by atoms with Crippen molar-refractivity contribution in [3.8, 4) is 28.0 Å². The van der Waals surface area contributed by atoms with Crippen LogP contribution >= 0.6 is 0 Å². The Morgan fingerprint density at radius 1 is 0.853 bits per heavy atom. The molecule has 1 fully saturated rings. The van der Waals surface area contributed by atoms with Crippen LogP contribution in [0, 0.1) is 23.4 Å². The molecule has 0 bridgehead atoms. The number of hydrogen-bond acceptors (Lipinski definition) is 3. The highest BCUT2D eigenvalue weighted by molar-refractivity contribution is 5.71. The Morgan fingerprint density at radius 2 is 1.53 bits per heavy atom. The Balaban J connectivity index is 1.50. The van der Waals surface area contributed by atoms with Gasteiger partial charge in [-0.15, -0.1) is 0 Å². The Kier molecular flexibility index (Phi) is 7.70. The molecule has 3 aromatic carbocycles. The van der Waals surface area contributed by atoms with Crippen LogP contribution in [0.4, 0.5) is 13.2 Å². The molecule has 0 atom stereocenters. The summed E-state index contributed by atoms with van der Waals surface area (Å²) >= 11 is 0. The zero-order valence-corrected chi connectivity index (χ0v) is 19.2. The van der Waals surface area contributed by atoms with Crippen molar-refractivity contribution in [2.24, 2.45) is 5.92 Å². The molecule has 0 N–H and O–H groups in total. The van der Waals surface area contributed by atoms with E-state index in [1.165, 1.54) is 18.2 Å². The minimum absolute atomic E-state index is 0.128. The number of benzene rings is 3. The molecule has 34 heavy (non-hydrogen) atoms. The van der Waals surface area contributed by atoms with Crippen LogP contribution in [0.3, 0.4) is 0 Å². The molecule has 3 nitrogen and oxygen atoms in total. The predicted octanol–water partition coefficient (Wildman–Crippen LogP) is 7.46. The molecule has 3 aromatic rings. The van der Waals surface area contributed by atoms with Crippen LogP contribution in [0.2, 0.25) is 0 Å². The second kappa shape index (κ2) is 10.9. The summed E-state index contributed by atoms with van der Waals surface area (Å²) in [6, 6.07) is 14.6. The van der Waals surface area contributed by atoms with Gasteiger partial charge in [0.2, 0.25) is 5.82 Å². The van der Waals surface area contributed by atoms with Gasteiger partial charge in [0.05, 0.1) is 13.2 Å². The number of allylic oxidation sites excluding steroid dienone is 1. The third-order valence-electron chi connectivity index (χ3n) is 5.63. The summed E-state index contributed by atoms with van der Waals surface area (Å²) in [5.74, 6) is -2.26. The van der Waals surface area contributed by atoms with E-state index in [2.05, 4.69) is 0 Å². The minimum atomic E-state index is -1.02. The van der Waals surface area contributed by atoms with Crippen LogP contribution in [-0.4, -0.2) is 19.8 Å². The molecule has 0 aliphatic carbocycles. The van der Waals surface area contributed by atoms with Gasteiger partial charge in [0.15, 0.2) is 17.9 Å². The van der Waals surface area contributed by atoms with Crippen molar-refractivity contribution in [3.63, 3.8) is 0 Å². The first kappa shape index (κ1) is 24.0. The van der Waals surface area contributed by atoms with E-state index in [0.29, 0.717) is 29.9 Å². The smallest absolute Gasteiger partial charge is 0.201 e. The first-order chi connectivity index (χ1) is 16.5. The molecule has 0 radical (unpaired) electrons. The molecule has 6 heteroatoms. The molecule has 0 unspecified atom stereocenters. The normalized spacial score (nSPS) is 18.4. The van der Waals surface area contributed by atoms with Crippen molar-refractivity contribution in [3.05, 3.63) is 89.8 Å².